The third kappa shape index (κ3) is 3.31. The predicted molar refractivity (Wildman–Crippen MR) is 66.4 cm³/mol. The first kappa shape index (κ1) is 13.7. The van der Waals surface area contributed by atoms with Gasteiger partial charge in [0.2, 0.25) is 11.8 Å². The molecule has 0 aromatic heterocycles. The molecule has 0 fully saturated rings. The summed E-state index contributed by atoms with van der Waals surface area (Å²) >= 11 is 0. The molecule has 0 aliphatic rings. The van der Waals surface area contributed by atoms with E-state index in [1.807, 2.05) is 0 Å². The van der Waals surface area contributed by atoms with Crippen LogP contribution < -0.4 is 10.6 Å². The lowest BCUT2D eigenvalue weighted by atomic mass is 10.1. The molecule has 0 radical (unpaired) electrons. The number of carbonyl (C=O) groups is 3. The molecule has 6 heteroatoms. The Labute approximate surface area is 104 Å². The summed E-state index contributed by atoms with van der Waals surface area (Å²) in [5, 5.41) is 5.02. The van der Waals surface area contributed by atoms with Crippen LogP contribution in [0.4, 0.5) is 11.4 Å². The summed E-state index contributed by atoms with van der Waals surface area (Å²) < 4.78 is 4.64. The minimum absolute atomic E-state index is 0.116. The fourth-order valence-electron chi connectivity index (χ4n) is 1.46. The molecule has 0 aliphatic heterocycles. The van der Waals surface area contributed by atoms with Gasteiger partial charge in [-0.3, -0.25) is 9.59 Å². The number of hydrogen-bond donors (Lipinski definition) is 2. The van der Waals surface area contributed by atoms with Crippen LogP contribution in [0.2, 0.25) is 0 Å². The first-order chi connectivity index (χ1) is 8.45. The normalized spacial score (nSPS) is 9.50. The molecule has 1 aromatic rings. The Morgan fingerprint density at radius 1 is 1.00 bits per heavy atom. The van der Waals surface area contributed by atoms with Crippen LogP contribution in [-0.4, -0.2) is 24.9 Å². The molecule has 2 N–H and O–H groups in total. The van der Waals surface area contributed by atoms with E-state index in [4.69, 9.17) is 0 Å². The van der Waals surface area contributed by atoms with Crippen molar-refractivity contribution in [2.45, 2.75) is 13.8 Å². The average Bonchev–Trinajstić information content (AvgIpc) is 2.27. The summed E-state index contributed by atoms with van der Waals surface area (Å²) in [4.78, 5) is 33.8. The fourth-order valence-corrected chi connectivity index (χ4v) is 1.46. The van der Waals surface area contributed by atoms with E-state index in [9.17, 15) is 14.4 Å². The number of nitrogens with one attached hydrogen (secondary N) is 2. The van der Waals surface area contributed by atoms with Crippen molar-refractivity contribution in [2.24, 2.45) is 0 Å². The summed E-state index contributed by atoms with van der Waals surface area (Å²) in [7, 11) is 1.23. The maximum atomic E-state index is 11.7. The van der Waals surface area contributed by atoms with Crippen molar-refractivity contribution in [3.8, 4) is 0 Å². The number of ether oxygens (including phenoxy) is 1. The topological polar surface area (TPSA) is 84.5 Å². The SMILES string of the molecule is COC(=O)c1c(NC(C)=O)cccc1NC(C)=O. The molecule has 2 amide bonds. The van der Waals surface area contributed by atoms with E-state index in [1.54, 1.807) is 18.2 Å². The van der Waals surface area contributed by atoms with Crippen molar-refractivity contribution in [2.75, 3.05) is 17.7 Å². The molecule has 0 spiro atoms. The van der Waals surface area contributed by atoms with Gasteiger partial charge in [0.15, 0.2) is 0 Å². The Balaban J connectivity index is 3.29. The van der Waals surface area contributed by atoms with Gasteiger partial charge in [0.25, 0.3) is 0 Å². The van der Waals surface area contributed by atoms with Crippen molar-refractivity contribution < 1.29 is 19.1 Å². The van der Waals surface area contributed by atoms with Crippen LogP contribution in [0.3, 0.4) is 0 Å². The number of rotatable bonds is 3. The van der Waals surface area contributed by atoms with Gasteiger partial charge in [0.1, 0.15) is 5.56 Å². The molecule has 96 valence electrons. The van der Waals surface area contributed by atoms with Crippen LogP contribution in [0.25, 0.3) is 0 Å². The highest BCUT2D eigenvalue weighted by atomic mass is 16.5. The predicted octanol–water partition coefficient (Wildman–Crippen LogP) is 1.39. The number of methoxy groups -OCH3 is 1. The Bertz CT molecular complexity index is 463. The maximum Gasteiger partial charge on any atom is 0.342 e. The average molecular weight is 250 g/mol. The molecular weight excluding hydrogens is 236 g/mol. The van der Waals surface area contributed by atoms with Crippen LogP contribution in [0, 0.1) is 0 Å². The quantitative estimate of drug-likeness (QED) is 0.794. The highest BCUT2D eigenvalue weighted by molar-refractivity contribution is 6.07. The van der Waals surface area contributed by atoms with Gasteiger partial charge in [-0.1, -0.05) is 6.07 Å². The monoisotopic (exact) mass is 250 g/mol. The van der Waals surface area contributed by atoms with Gasteiger partial charge in [-0.05, 0) is 12.1 Å². The smallest absolute Gasteiger partial charge is 0.342 e. The van der Waals surface area contributed by atoms with Gasteiger partial charge in [-0.15, -0.1) is 0 Å². The van der Waals surface area contributed by atoms with Gasteiger partial charge in [-0.2, -0.15) is 0 Å². The molecule has 6 nitrogen and oxygen atoms in total. The molecule has 0 heterocycles. The lowest BCUT2D eigenvalue weighted by molar-refractivity contribution is -0.115. The molecule has 0 atom stereocenters. The summed E-state index contributed by atoms with van der Waals surface area (Å²) in [6.45, 7) is 2.65. The highest BCUT2D eigenvalue weighted by Crippen LogP contribution is 2.25. The first-order valence-corrected chi connectivity index (χ1v) is 5.22. The lowest BCUT2D eigenvalue weighted by Crippen LogP contribution is -2.16. The molecule has 0 aliphatic carbocycles. The molecule has 1 aromatic carbocycles. The van der Waals surface area contributed by atoms with E-state index >= 15 is 0 Å². The Hall–Kier alpha value is -2.37. The second-order valence-electron chi connectivity index (χ2n) is 3.58. The van der Waals surface area contributed by atoms with Crippen molar-refractivity contribution in [1.82, 2.24) is 0 Å². The van der Waals surface area contributed by atoms with E-state index in [1.165, 1.54) is 21.0 Å². The Morgan fingerprint density at radius 2 is 1.44 bits per heavy atom. The second-order valence-corrected chi connectivity index (χ2v) is 3.58. The number of amides is 2. The van der Waals surface area contributed by atoms with Gasteiger partial charge < -0.3 is 15.4 Å². The van der Waals surface area contributed by atoms with Gasteiger partial charge in [0.05, 0.1) is 18.5 Å². The van der Waals surface area contributed by atoms with Crippen molar-refractivity contribution >= 4 is 29.2 Å². The molecule has 18 heavy (non-hydrogen) atoms. The minimum atomic E-state index is -0.636. The zero-order valence-corrected chi connectivity index (χ0v) is 10.4. The van der Waals surface area contributed by atoms with Crippen LogP contribution in [0.15, 0.2) is 18.2 Å². The number of hydrogen-bond acceptors (Lipinski definition) is 4. The third-order valence-electron chi connectivity index (χ3n) is 2.08. The van der Waals surface area contributed by atoms with Gasteiger partial charge >= 0.3 is 5.97 Å². The summed E-state index contributed by atoms with van der Waals surface area (Å²) in [6.07, 6.45) is 0. The van der Waals surface area contributed by atoms with Crippen LogP contribution in [0.5, 0.6) is 0 Å². The zero-order valence-electron chi connectivity index (χ0n) is 10.4. The third-order valence-corrected chi connectivity index (χ3v) is 2.08. The van der Waals surface area contributed by atoms with Crippen LogP contribution in [-0.2, 0) is 14.3 Å². The summed E-state index contributed by atoms with van der Waals surface area (Å²) in [5.41, 5.74) is 0.701. The lowest BCUT2D eigenvalue weighted by Gasteiger charge is -2.13. The standard InChI is InChI=1S/C12H14N2O4/c1-7(15)13-9-5-4-6-10(14-8(2)16)11(9)12(17)18-3/h4-6H,1-3H3,(H,13,15)(H,14,16). The van der Waals surface area contributed by atoms with E-state index in [2.05, 4.69) is 15.4 Å². The van der Waals surface area contributed by atoms with Crippen molar-refractivity contribution in [1.29, 1.82) is 0 Å². The Kier molecular flexibility index (Phi) is 4.42. The second kappa shape index (κ2) is 5.81. The van der Waals surface area contributed by atoms with E-state index in [0.717, 1.165) is 0 Å². The van der Waals surface area contributed by atoms with Gasteiger partial charge in [-0.25, -0.2) is 4.79 Å². The summed E-state index contributed by atoms with van der Waals surface area (Å²) in [6, 6.07) is 4.72. The van der Waals surface area contributed by atoms with Crippen LogP contribution >= 0.6 is 0 Å². The molecule has 0 saturated heterocycles. The molecule has 0 bridgehead atoms. The van der Waals surface area contributed by atoms with E-state index in [-0.39, 0.29) is 17.4 Å². The maximum absolute atomic E-state index is 11.7. The largest absolute Gasteiger partial charge is 0.465 e. The first-order valence-electron chi connectivity index (χ1n) is 5.22. The minimum Gasteiger partial charge on any atom is -0.465 e. The number of esters is 1. The van der Waals surface area contributed by atoms with Crippen molar-refractivity contribution in [3.05, 3.63) is 23.8 Å². The fraction of sp³-hybridized carbons (Fsp3) is 0.250. The Morgan fingerprint density at radius 3 is 1.78 bits per heavy atom. The highest BCUT2D eigenvalue weighted by Gasteiger charge is 2.18. The van der Waals surface area contributed by atoms with E-state index < -0.39 is 5.97 Å². The summed E-state index contributed by atoms with van der Waals surface area (Å²) in [5.74, 6) is -1.27. The molecule has 0 unspecified atom stereocenters. The molecule has 1 rings (SSSR count). The number of carbonyl (C=O) groups excluding carboxylic acids is 3. The van der Waals surface area contributed by atoms with Crippen molar-refractivity contribution in [3.63, 3.8) is 0 Å². The number of anilines is 2. The van der Waals surface area contributed by atoms with Gasteiger partial charge in [0, 0.05) is 13.8 Å². The number of benzene rings is 1. The molecular formula is C12H14N2O4. The zero-order chi connectivity index (χ0) is 13.7. The molecule has 0 saturated carbocycles. The van der Waals surface area contributed by atoms with Crippen LogP contribution in [0.1, 0.15) is 24.2 Å². The van der Waals surface area contributed by atoms with E-state index in [0.29, 0.717) is 11.4 Å².